The topological polar surface area (TPSA) is 229 Å². The third-order valence-corrected chi connectivity index (χ3v) is 12.0. The number of hydrogen-bond donors (Lipinski definition) is 7. The Morgan fingerprint density at radius 2 is 1.67 bits per heavy atom. The summed E-state index contributed by atoms with van der Waals surface area (Å²) in [6.07, 6.45) is -7.54. The van der Waals surface area contributed by atoms with Gasteiger partial charge in [-0.15, -0.1) is 0 Å². The Kier molecular flexibility index (Phi) is 8.91. The summed E-state index contributed by atoms with van der Waals surface area (Å²) in [4.78, 5) is 52.1. The maximum Gasteiger partial charge on any atom is 0.404 e. The van der Waals surface area contributed by atoms with E-state index in [1.807, 2.05) is 0 Å². The lowest BCUT2D eigenvalue weighted by atomic mass is 9.45. The zero-order valence-electron chi connectivity index (χ0n) is 26.9. The van der Waals surface area contributed by atoms with Crippen LogP contribution in [0.1, 0.15) is 79.6 Å². The number of ether oxygens (including phenoxy) is 3. The number of aliphatic hydroxyl groups excluding tert-OH is 3. The van der Waals surface area contributed by atoms with Crippen molar-refractivity contribution in [3.05, 3.63) is 11.1 Å². The maximum atomic E-state index is 14.3. The first kappa shape index (κ1) is 34.7. The third kappa shape index (κ3) is 5.07. The molecule has 3 saturated carbocycles. The lowest BCUT2D eigenvalue weighted by molar-refractivity contribution is -0.345. The summed E-state index contributed by atoms with van der Waals surface area (Å²) in [6.45, 7) is 6.78. The van der Waals surface area contributed by atoms with E-state index in [0.717, 1.165) is 26.2 Å². The van der Waals surface area contributed by atoms with E-state index in [1.54, 1.807) is 13.8 Å². The van der Waals surface area contributed by atoms with Gasteiger partial charge in [0.25, 0.3) is 0 Å². The minimum Gasteiger partial charge on any atom is -0.465 e. The van der Waals surface area contributed by atoms with Gasteiger partial charge >= 0.3 is 18.0 Å². The molecular formula is C32H47NO13. The van der Waals surface area contributed by atoms with E-state index in [4.69, 9.17) is 14.2 Å². The first-order valence-electron chi connectivity index (χ1n) is 16.1. The first-order chi connectivity index (χ1) is 21.3. The lowest BCUT2D eigenvalue weighted by Crippen LogP contribution is -2.81. The number of carbonyl (C=O) groups is 4. The normalized spacial score (nSPS) is 41.8. The van der Waals surface area contributed by atoms with Crippen LogP contribution in [0.15, 0.2) is 11.1 Å². The fourth-order valence-corrected chi connectivity index (χ4v) is 9.24. The molecule has 1 heterocycles. The van der Waals surface area contributed by atoms with Crippen LogP contribution in [0.5, 0.6) is 0 Å². The molecule has 0 aromatic rings. The molecule has 14 nitrogen and oxygen atoms in total. The van der Waals surface area contributed by atoms with Gasteiger partial charge in [0, 0.05) is 31.1 Å². The van der Waals surface area contributed by atoms with Crippen LogP contribution in [-0.4, -0.2) is 115 Å². The molecule has 14 heteroatoms. The van der Waals surface area contributed by atoms with E-state index in [2.05, 4.69) is 5.32 Å². The second-order valence-corrected chi connectivity index (χ2v) is 14.7. The van der Waals surface area contributed by atoms with Gasteiger partial charge in [-0.1, -0.05) is 33.1 Å². The summed E-state index contributed by atoms with van der Waals surface area (Å²) in [5, 5.41) is 70.7. The monoisotopic (exact) mass is 653 g/mol. The van der Waals surface area contributed by atoms with Crippen LogP contribution in [0.3, 0.4) is 0 Å². The van der Waals surface area contributed by atoms with E-state index < -0.39 is 101 Å². The van der Waals surface area contributed by atoms with Gasteiger partial charge in [0.2, 0.25) is 0 Å². The Labute approximate surface area is 267 Å². The van der Waals surface area contributed by atoms with Gasteiger partial charge in [-0.25, -0.2) is 9.59 Å². The highest BCUT2D eigenvalue weighted by molar-refractivity contribution is 5.93. The second kappa shape index (κ2) is 11.8. The molecule has 0 unspecified atom stereocenters. The van der Waals surface area contributed by atoms with Crippen LogP contribution in [0.2, 0.25) is 0 Å². The molecule has 1 saturated heterocycles. The number of ketones is 1. The van der Waals surface area contributed by atoms with Crippen LogP contribution in [0.25, 0.3) is 0 Å². The average molecular weight is 654 g/mol. The number of rotatable bonds is 6. The predicted molar refractivity (Wildman–Crippen MR) is 157 cm³/mol. The van der Waals surface area contributed by atoms with Gasteiger partial charge in [-0.2, -0.15) is 0 Å². The molecule has 0 aromatic carbocycles. The van der Waals surface area contributed by atoms with Gasteiger partial charge in [-0.05, 0) is 43.8 Å². The highest BCUT2D eigenvalue weighted by Gasteiger charge is 2.76. The van der Waals surface area contributed by atoms with Gasteiger partial charge in [0.1, 0.15) is 29.5 Å². The summed E-state index contributed by atoms with van der Waals surface area (Å²) in [7, 11) is 0. The van der Waals surface area contributed by atoms with Gasteiger partial charge in [0.05, 0.1) is 30.3 Å². The van der Waals surface area contributed by atoms with Gasteiger partial charge < -0.3 is 50.2 Å². The summed E-state index contributed by atoms with van der Waals surface area (Å²) >= 11 is 0. The predicted octanol–water partition coefficient (Wildman–Crippen LogP) is 0.345. The van der Waals surface area contributed by atoms with Crippen molar-refractivity contribution >= 4 is 23.8 Å². The molecule has 4 aliphatic carbocycles. The maximum absolute atomic E-state index is 14.3. The Morgan fingerprint density at radius 3 is 2.22 bits per heavy atom. The summed E-state index contributed by atoms with van der Waals surface area (Å²) in [6, 6.07) is -1.16. The summed E-state index contributed by atoms with van der Waals surface area (Å²) < 4.78 is 17.1. The molecule has 4 fully saturated rings. The van der Waals surface area contributed by atoms with Crippen LogP contribution >= 0.6 is 0 Å². The zero-order chi connectivity index (χ0) is 34.1. The highest BCUT2D eigenvalue weighted by Crippen LogP contribution is 2.63. The molecule has 46 heavy (non-hydrogen) atoms. The van der Waals surface area contributed by atoms with Crippen molar-refractivity contribution in [3.8, 4) is 0 Å². The number of esters is 2. The molecule has 0 spiro atoms. The molecule has 7 N–H and O–H groups in total. The Balaban J connectivity index is 1.60. The minimum atomic E-state index is -2.22. The standard InChI is InChI=1S/C32H47NO13/c1-14-17(46-27(39)23(37)21(33-28(40)41)16-9-7-6-8-10-16)12-32(43)26(45-15(2)34)24-30(5,18(35)11-19-31(24,42)13-44-19)25(38)22(36)20(14)29(32,3)4/h16-19,21-24,26,33,35-37,42-43H,6-13H2,1-5H3,(H,40,41)/t17-,18-,19+,21-,22+,23+,24-,26-,30+,31-,32+/m0/s1. The van der Waals surface area contributed by atoms with E-state index in [-0.39, 0.29) is 30.1 Å². The fraction of sp³-hybridized carbons (Fsp3) is 0.812. The van der Waals surface area contributed by atoms with E-state index in [1.165, 1.54) is 13.8 Å². The molecule has 1 aliphatic heterocycles. The molecule has 5 aliphatic rings. The summed E-state index contributed by atoms with van der Waals surface area (Å²) in [5.41, 5.74) is -7.29. The quantitative estimate of drug-likeness (QED) is 0.152. The van der Waals surface area contributed by atoms with Crippen LogP contribution < -0.4 is 5.32 Å². The van der Waals surface area contributed by atoms with E-state index in [0.29, 0.717) is 12.8 Å². The summed E-state index contributed by atoms with van der Waals surface area (Å²) in [5.74, 6) is -4.68. The number of carbonyl (C=O) groups excluding carboxylic acids is 3. The van der Waals surface area contributed by atoms with Gasteiger partial charge in [0.15, 0.2) is 11.9 Å². The highest BCUT2D eigenvalue weighted by atomic mass is 16.6. The SMILES string of the molecule is CC(=O)O[C@H]1[C@@H]2[C@]3(O)CO[C@@H]3C[C@H](O)[C@@]2(C)C(=O)[C@H](O)C2=C(C)[C@@H](OC(=O)[C@H](O)[C@@H](NC(=O)O)C3CCCCC3)C[C@]1(O)C2(C)C. The minimum absolute atomic E-state index is 0.0194. The smallest absolute Gasteiger partial charge is 0.404 e. The number of carboxylic acid groups (broad SMARTS) is 1. The van der Waals surface area contributed by atoms with Crippen LogP contribution in [-0.2, 0) is 28.6 Å². The molecule has 2 bridgehead atoms. The van der Waals surface area contributed by atoms with Crippen LogP contribution in [0, 0.1) is 22.7 Å². The average Bonchev–Trinajstić information content (AvgIpc) is 2.98. The molecular weight excluding hydrogens is 606 g/mol. The van der Waals surface area contributed by atoms with Crippen molar-refractivity contribution in [3.63, 3.8) is 0 Å². The van der Waals surface area contributed by atoms with Crippen molar-refractivity contribution in [2.75, 3.05) is 6.61 Å². The number of fused-ring (bicyclic) bond motifs is 5. The number of Topliss-reactive ketones (excluding diaryl/α,β-unsaturated/α-hetero) is 1. The Hall–Kier alpha value is -2.62. The lowest BCUT2D eigenvalue weighted by Gasteiger charge is -2.66. The van der Waals surface area contributed by atoms with Crippen molar-refractivity contribution in [1.82, 2.24) is 5.32 Å². The van der Waals surface area contributed by atoms with E-state index in [9.17, 15) is 49.8 Å². The largest absolute Gasteiger partial charge is 0.465 e. The van der Waals surface area contributed by atoms with Crippen molar-refractivity contribution < 1.29 is 64.0 Å². The van der Waals surface area contributed by atoms with Crippen LogP contribution in [0.4, 0.5) is 4.79 Å². The van der Waals surface area contributed by atoms with Crippen molar-refractivity contribution in [2.24, 2.45) is 22.7 Å². The second-order valence-electron chi connectivity index (χ2n) is 14.7. The molecule has 5 rings (SSSR count). The zero-order valence-corrected chi connectivity index (χ0v) is 26.9. The number of nitrogens with one attached hydrogen (secondary N) is 1. The fourth-order valence-electron chi connectivity index (χ4n) is 9.24. The van der Waals surface area contributed by atoms with Crippen molar-refractivity contribution in [1.29, 1.82) is 0 Å². The molecule has 0 radical (unpaired) electrons. The molecule has 0 aromatic heterocycles. The molecule has 1 amide bonds. The molecule has 258 valence electrons. The van der Waals surface area contributed by atoms with E-state index >= 15 is 0 Å². The molecule has 11 atom stereocenters. The first-order valence-corrected chi connectivity index (χ1v) is 16.1. The Bertz CT molecular complexity index is 1310. The van der Waals surface area contributed by atoms with Crippen molar-refractivity contribution in [2.45, 2.75) is 133 Å². The Morgan fingerprint density at radius 1 is 1.04 bits per heavy atom. The number of aliphatic hydroxyl groups is 5. The number of amides is 1. The third-order valence-electron chi connectivity index (χ3n) is 12.0. The van der Waals surface area contributed by atoms with Gasteiger partial charge in [-0.3, -0.25) is 9.59 Å². The number of hydrogen-bond acceptors (Lipinski definition) is 12.